The molecule has 6 nitrogen and oxygen atoms in total. The van der Waals surface area contributed by atoms with E-state index >= 15 is 0 Å². The first-order valence-corrected chi connectivity index (χ1v) is 11.9. The lowest BCUT2D eigenvalue weighted by Crippen LogP contribution is -2.51. The zero-order valence-corrected chi connectivity index (χ0v) is 20.4. The molecule has 0 bridgehead atoms. The number of benzene rings is 1. The molecule has 1 aromatic carbocycles. The number of fused-ring (bicyclic) bond motifs is 1. The van der Waals surface area contributed by atoms with E-state index in [2.05, 4.69) is 47.6 Å². The summed E-state index contributed by atoms with van der Waals surface area (Å²) < 4.78 is 13.5. The second kappa shape index (κ2) is 8.58. The quantitative estimate of drug-likeness (QED) is 0.565. The van der Waals surface area contributed by atoms with Gasteiger partial charge in [-0.3, -0.25) is 4.68 Å². The third-order valence-electron chi connectivity index (χ3n) is 6.65. The molecule has 1 saturated heterocycles. The summed E-state index contributed by atoms with van der Waals surface area (Å²) in [7, 11) is 1.76. The van der Waals surface area contributed by atoms with Crippen LogP contribution in [-0.2, 0) is 28.0 Å². The van der Waals surface area contributed by atoms with Crippen molar-refractivity contribution in [2.75, 3.05) is 20.2 Å². The molecule has 0 radical (unpaired) electrons. The highest BCUT2D eigenvalue weighted by Gasteiger charge is 2.50. The molecule has 0 saturated carbocycles. The van der Waals surface area contributed by atoms with Crippen molar-refractivity contribution in [2.45, 2.75) is 63.1 Å². The molecule has 0 unspecified atom stereocenters. The minimum atomic E-state index is -0.231. The minimum Gasteiger partial charge on any atom is -0.445 e. The molecule has 1 fully saturated rings. The van der Waals surface area contributed by atoms with E-state index in [1.165, 1.54) is 5.56 Å². The van der Waals surface area contributed by atoms with Crippen LogP contribution in [0.5, 0.6) is 0 Å². The summed E-state index contributed by atoms with van der Waals surface area (Å²) in [4.78, 5) is 14.6. The molecule has 1 spiro atoms. The summed E-state index contributed by atoms with van der Waals surface area (Å²) in [5, 5.41) is 4.88. The summed E-state index contributed by atoms with van der Waals surface area (Å²) in [5.74, 6) is 0. The van der Waals surface area contributed by atoms with Gasteiger partial charge in [-0.05, 0) is 56.6 Å². The number of amides is 1. The number of alkyl halides is 1. The number of nitrogens with zero attached hydrogens (tertiary/aromatic N) is 3. The van der Waals surface area contributed by atoms with Crippen LogP contribution in [0.3, 0.4) is 0 Å². The zero-order chi connectivity index (χ0) is 22.2. The van der Waals surface area contributed by atoms with Crippen LogP contribution in [-0.4, -0.2) is 45.8 Å². The number of likely N-dealkylation sites (tertiary alicyclic amines) is 1. The number of aromatic nitrogens is 2. The Hall–Kier alpha value is -1.86. The lowest BCUT2D eigenvalue weighted by Gasteiger charge is -2.48. The molecular formula is C24H32BrN3O3. The van der Waals surface area contributed by atoms with Gasteiger partial charge >= 0.3 is 6.09 Å². The van der Waals surface area contributed by atoms with Gasteiger partial charge in [-0.2, -0.15) is 5.10 Å². The third-order valence-corrected chi connectivity index (χ3v) is 8.10. The number of hydrogen-bond donors (Lipinski definition) is 0. The summed E-state index contributed by atoms with van der Waals surface area (Å²) in [5.41, 5.74) is 3.27. The Balaban J connectivity index is 1.44. The Labute approximate surface area is 193 Å². The molecule has 1 aliphatic carbocycles. The van der Waals surface area contributed by atoms with Gasteiger partial charge in [0, 0.05) is 26.4 Å². The molecule has 168 valence electrons. The highest BCUT2D eigenvalue weighted by molar-refractivity contribution is 9.09. The molecule has 2 aromatic rings. The first kappa shape index (κ1) is 22.3. The molecule has 31 heavy (non-hydrogen) atoms. The fourth-order valence-electron chi connectivity index (χ4n) is 4.71. The van der Waals surface area contributed by atoms with Crippen LogP contribution >= 0.6 is 15.9 Å². The lowest BCUT2D eigenvalue weighted by atomic mass is 9.66. The van der Waals surface area contributed by atoms with Gasteiger partial charge in [-0.1, -0.05) is 46.3 Å². The Bertz CT molecular complexity index is 914. The highest BCUT2D eigenvalue weighted by Crippen LogP contribution is 2.52. The van der Waals surface area contributed by atoms with E-state index in [0.29, 0.717) is 19.7 Å². The Morgan fingerprint density at radius 1 is 1.23 bits per heavy atom. The molecule has 7 heteroatoms. The number of rotatable bonds is 3. The van der Waals surface area contributed by atoms with Gasteiger partial charge in [0.25, 0.3) is 0 Å². The molecule has 1 aromatic heterocycles. The molecule has 1 amide bonds. The van der Waals surface area contributed by atoms with Gasteiger partial charge < -0.3 is 14.4 Å². The molecule has 0 N–H and O–H groups in total. The number of carbonyl (C=O) groups excluding carboxylic acids is 1. The average molecular weight is 490 g/mol. The second-order valence-corrected chi connectivity index (χ2v) is 10.8. The van der Waals surface area contributed by atoms with E-state index in [4.69, 9.17) is 14.6 Å². The van der Waals surface area contributed by atoms with E-state index in [-0.39, 0.29) is 28.0 Å². The van der Waals surface area contributed by atoms with E-state index < -0.39 is 0 Å². The van der Waals surface area contributed by atoms with Crippen LogP contribution in [0.15, 0.2) is 36.5 Å². The molecule has 2 heterocycles. The van der Waals surface area contributed by atoms with Gasteiger partial charge in [0.1, 0.15) is 12.7 Å². The van der Waals surface area contributed by atoms with Crippen molar-refractivity contribution in [1.29, 1.82) is 0 Å². The maximum Gasteiger partial charge on any atom is 0.410 e. The molecular weight excluding hydrogens is 458 g/mol. The Morgan fingerprint density at radius 3 is 2.52 bits per heavy atom. The normalized spacial score (nSPS) is 22.9. The molecule has 4 rings (SSSR count). The first-order valence-electron chi connectivity index (χ1n) is 10.9. The number of methoxy groups -OCH3 is 1. The van der Waals surface area contributed by atoms with Crippen molar-refractivity contribution >= 4 is 22.0 Å². The topological polar surface area (TPSA) is 56.6 Å². The number of carbonyl (C=O) groups is 1. The summed E-state index contributed by atoms with van der Waals surface area (Å²) in [6.07, 6.45) is 4.62. The standard InChI is InChI=1S/C24H32BrN3O3/c1-23(2,3)28-15-18-14-24(21(25)20(30-4)19(18)26-28)10-12-27(13-11-24)22(29)31-16-17-8-6-5-7-9-17/h5-9,15,20-21H,10-14,16H2,1-4H3/t20-,21+/m1/s1. The van der Waals surface area contributed by atoms with E-state index in [1.807, 2.05) is 35.2 Å². The molecule has 2 atom stereocenters. The van der Waals surface area contributed by atoms with Crippen molar-refractivity contribution in [1.82, 2.24) is 14.7 Å². The van der Waals surface area contributed by atoms with Gasteiger partial charge in [0.05, 0.1) is 16.1 Å². The van der Waals surface area contributed by atoms with Gasteiger partial charge in [-0.25, -0.2) is 4.79 Å². The summed E-state index contributed by atoms with van der Waals surface area (Å²) in [6.45, 7) is 8.17. The van der Waals surface area contributed by atoms with Gasteiger partial charge in [0.15, 0.2) is 0 Å². The molecule has 1 aliphatic heterocycles. The SMILES string of the molecule is CO[C@@H]1c2nn(C(C)(C)C)cc2CC2(CCN(C(=O)OCc3ccccc3)CC2)[C@H]1Br. The second-order valence-electron chi connectivity index (χ2n) is 9.78. The fourth-order valence-corrected chi connectivity index (χ4v) is 5.79. The van der Waals surface area contributed by atoms with Crippen LogP contribution in [0.4, 0.5) is 4.79 Å². The highest BCUT2D eigenvalue weighted by atomic mass is 79.9. The van der Waals surface area contributed by atoms with Crippen molar-refractivity contribution < 1.29 is 14.3 Å². The fraction of sp³-hybridized carbons (Fsp3) is 0.583. The van der Waals surface area contributed by atoms with Crippen molar-refractivity contribution in [3.63, 3.8) is 0 Å². The monoisotopic (exact) mass is 489 g/mol. The van der Waals surface area contributed by atoms with E-state index in [9.17, 15) is 4.79 Å². The van der Waals surface area contributed by atoms with E-state index in [1.54, 1.807) is 7.11 Å². The minimum absolute atomic E-state index is 0.0373. The number of hydrogen-bond acceptors (Lipinski definition) is 4. The van der Waals surface area contributed by atoms with Crippen LogP contribution in [0.25, 0.3) is 0 Å². The van der Waals surface area contributed by atoms with Crippen molar-refractivity contribution in [2.24, 2.45) is 5.41 Å². The van der Waals surface area contributed by atoms with Gasteiger partial charge in [0.2, 0.25) is 0 Å². The van der Waals surface area contributed by atoms with Crippen LogP contribution in [0.2, 0.25) is 0 Å². The summed E-state index contributed by atoms with van der Waals surface area (Å²) >= 11 is 3.97. The van der Waals surface area contributed by atoms with Crippen LogP contribution in [0, 0.1) is 5.41 Å². The predicted molar refractivity (Wildman–Crippen MR) is 123 cm³/mol. The third kappa shape index (κ3) is 4.40. The zero-order valence-electron chi connectivity index (χ0n) is 18.8. The van der Waals surface area contributed by atoms with Gasteiger partial charge in [-0.15, -0.1) is 0 Å². The van der Waals surface area contributed by atoms with E-state index in [0.717, 1.165) is 30.5 Å². The summed E-state index contributed by atoms with van der Waals surface area (Å²) in [6, 6.07) is 9.80. The smallest absolute Gasteiger partial charge is 0.410 e. The number of piperidine rings is 1. The predicted octanol–water partition coefficient (Wildman–Crippen LogP) is 5.06. The Kier molecular flexibility index (Phi) is 6.19. The lowest BCUT2D eigenvalue weighted by molar-refractivity contribution is 0.0100. The maximum atomic E-state index is 12.6. The van der Waals surface area contributed by atoms with Crippen molar-refractivity contribution in [3.05, 3.63) is 53.3 Å². The number of halogens is 1. The molecule has 2 aliphatic rings. The average Bonchev–Trinajstić information content (AvgIpc) is 3.18. The first-order chi connectivity index (χ1) is 14.7. The van der Waals surface area contributed by atoms with Crippen molar-refractivity contribution in [3.8, 4) is 0 Å². The van der Waals surface area contributed by atoms with Crippen LogP contribution < -0.4 is 0 Å². The maximum absolute atomic E-state index is 12.6. The largest absolute Gasteiger partial charge is 0.445 e. The Morgan fingerprint density at radius 2 is 1.90 bits per heavy atom. The van der Waals surface area contributed by atoms with Crippen LogP contribution in [0.1, 0.15) is 56.5 Å². The number of ether oxygens (including phenoxy) is 2.